The summed E-state index contributed by atoms with van der Waals surface area (Å²) < 4.78 is 0. The number of hydrogen-bond acceptors (Lipinski definition) is 6. The van der Waals surface area contributed by atoms with Gasteiger partial charge in [-0.1, -0.05) is 0 Å². The van der Waals surface area contributed by atoms with Crippen molar-refractivity contribution in [3.8, 4) is 0 Å². The Morgan fingerprint density at radius 2 is 1.52 bits per heavy atom. The molecule has 0 unspecified atom stereocenters. The summed E-state index contributed by atoms with van der Waals surface area (Å²) in [6.45, 7) is 4.03. The summed E-state index contributed by atoms with van der Waals surface area (Å²) in [5, 5.41) is 36.9. The number of aromatic amines is 2. The number of nitro benzene ring substituents is 2. The quantitative estimate of drug-likeness (QED) is 0.583. The molecule has 0 spiro atoms. The van der Waals surface area contributed by atoms with E-state index in [1.54, 1.807) is 0 Å². The number of nitrogens with one attached hydrogen (secondary N) is 2. The van der Waals surface area contributed by atoms with Crippen LogP contribution in [0.1, 0.15) is 21.7 Å². The summed E-state index contributed by atoms with van der Waals surface area (Å²) in [4.78, 5) is 29.2. The first-order valence-corrected chi connectivity index (χ1v) is 5.90. The van der Waals surface area contributed by atoms with E-state index in [-0.39, 0.29) is 5.48 Å². The van der Waals surface area contributed by atoms with E-state index in [4.69, 9.17) is 0 Å². The summed E-state index contributed by atoms with van der Waals surface area (Å²) in [6.07, 6.45) is 0. The van der Waals surface area contributed by atoms with Crippen LogP contribution in [0.2, 0.25) is 0 Å². The number of benzene rings is 1. The number of carbonyl (C=O) groups is 1. The lowest BCUT2D eigenvalue weighted by Gasteiger charge is -2.01. The zero-order valence-electron chi connectivity index (χ0n) is 12.2. The van der Waals surface area contributed by atoms with Gasteiger partial charge in [0, 0.05) is 30.7 Å². The van der Waals surface area contributed by atoms with Crippen molar-refractivity contribution in [1.82, 2.24) is 5.10 Å². The van der Waals surface area contributed by atoms with Crippen LogP contribution in [0, 0.1) is 34.1 Å². The Morgan fingerprint density at radius 1 is 1.04 bits per heavy atom. The van der Waals surface area contributed by atoms with E-state index in [9.17, 15) is 30.1 Å². The minimum absolute atomic E-state index is 0. The number of H-pyrrole nitrogens is 2. The van der Waals surface area contributed by atoms with Crippen LogP contribution in [0.15, 0.2) is 24.3 Å². The summed E-state index contributed by atoms with van der Waals surface area (Å²) in [7, 11) is 0. The Balaban J connectivity index is 0.000000509. The number of hydrogen-bond donors (Lipinski definition) is 1. The van der Waals surface area contributed by atoms with E-state index in [1.807, 2.05) is 13.8 Å². The maximum Gasteiger partial charge on any atom is 0.276 e. The number of carboxylic acid groups (broad SMARTS) is 1. The molecule has 2 rings (SSSR count). The van der Waals surface area contributed by atoms with Gasteiger partial charge in [-0.05, 0) is 6.92 Å². The minimum Gasteiger partial charge on any atom is -0.545 e. The third-order valence-electron chi connectivity index (χ3n) is 2.45. The van der Waals surface area contributed by atoms with E-state index < -0.39 is 32.8 Å². The van der Waals surface area contributed by atoms with Crippen molar-refractivity contribution in [1.29, 1.82) is 0 Å². The van der Waals surface area contributed by atoms with Gasteiger partial charge in [-0.25, -0.2) is 0 Å². The molecule has 1 aromatic carbocycles. The Bertz CT molecular complexity index is 630. The smallest absolute Gasteiger partial charge is 0.276 e. The number of rotatable bonds is 3. The van der Waals surface area contributed by atoms with Crippen molar-refractivity contribution in [3.63, 3.8) is 0 Å². The van der Waals surface area contributed by atoms with Crippen molar-refractivity contribution in [3.05, 3.63) is 61.4 Å². The molecule has 0 saturated heterocycles. The molecule has 23 heavy (non-hydrogen) atoms. The van der Waals surface area contributed by atoms with E-state index in [2.05, 4.69) is 16.3 Å². The van der Waals surface area contributed by atoms with Gasteiger partial charge in [0.25, 0.3) is 11.4 Å². The fraction of sp³-hybridized carbons (Fsp3) is 0.167. The van der Waals surface area contributed by atoms with E-state index in [0.29, 0.717) is 18.2 Å². The molecular weight excluding hydrogens is 312 g/mol. The van der Waals surface area contributed by atoms with Gasteiger partial charge >= 0.3 is 0 Å². The zero-order valence-corrected chi connectivity index (χ0v) is 12.2. The molecule has 1 heterocycles. The van der Waals surface area contributed by atoms with Crippen molar-refractivity contribution in [2.75, 3.05) is 0 Å². The third kappa shape index (κ3) is 5.89. The maximum absolute atomic E-state index is 10.4. The van der Waals surface area contributed by atoms with Gasteiger partial charge in [-0.3, -0.25) is 20.2 Å². The largest absolute Gasteiger partial charge is 0.545 e. The molecule has 0 atom stereocenters. The summed E-state index contributed by atoms with van der Waals surface area (Å²) in [6, 6.07) is 4.12. The first-order valence-electron chi connectivity index (χ1n) is 5.90. The molecule has 0 aliphatic heterocycles. The first kappa shape index (κ1) is 19.7. The Kier molecular flexibility index (Phi) is 7.00. The lowest BCUT2D eigenvalue weighted by atomic mass is 10.2. The highest BCUT2D eigenvalue weighted by Gasteiger charge is 2.16. The van der Waals surface area contributed by atoms with Crippen LogP contribution < -0.4 is 10.2 Å². The highest BCUT2D eigenvalue weighted by molar-refractivity contribution is 5.87. The Hall–Kier alpha value is -3.34. The molecule has 0 fully saturated rings. The van der Waals surface area contributed by atoms with E-state index in [1.165, 1.54) is 11.4 Å². The monoisotopic (exact) mass is 326 g/mol. The molecule has 0 bridgehead atoms. The fourth-order valence-corrected chi connectivity index (χ4v) is 1.52. The Morgan fingerprint density at radius 3 is 1.74 bits per heavy atom. The molecule has 1 aromatic heterocycles. The lowest BCUT2D eigenvalue weighted by molar-refractivity contribution is -0.457. The number of aryl methyl sites for hydroxylation is 2. The van der Waals surface area contributed by atoms with Crippen LogP contribution in [0.5, 0.6) is 0 Å². The fourth-order valence-electron chi connectivity index (χ4n) is 1.52. The van der Waals surface area contributed by atoms with Gasteiger partial charge in [0.1, 0.15) is 0 Å². The molecule has 0 aliphatic carbocycles. The van der Waals surface area contributed by atoms with Crippen molar-refractivity contribution in [2.24, 2.45) is 0 Å². The van der Waals surface area contributed by atoms with Crippen LogP contribution in [0.3, 0.4) is 0 Å². The number of carboxylic acids is 1. The molecule has 0 amide bonds. The molecule has 11 nitrogen and oxygen atoms in total. The van der Waals surface area contributed by atoms with Crippen LogP contribution in [-0.2, 0) is 0 Å². The van der Waals surface area contributed by atoms with E-state index in [0.717, 1.165) is 0 Å². The van der Waals surface area contributed by atoms with Gasteiger partial charge in [-0.2, -0.15) is 5.10 Å². The topological polar surface area (TPSA) is 188 Å². The van der Waals surface area contributed by atoms with Crippen LogP contribution >= 0.6 is 0 Å². The predicted octanol–water partition coefficient (Wildman–Crippen LogP) is -0.513. The van der Waals surface area contributed by atoms with Gasteiger partial charge in [0.15, 0.2) is 0 Å². The predicted molar refractivity (Wildman–Crippen MR) is 74.5 cm³/mol. The van der Waals surface area contributed by atoms with Gasteiger partial charge < -0.3 is 15.4 Å². The number of carbonyl (C=O) groups excluding carboxylic acids is 1. The van der Waals surface area contributed by atoms with Crippen LogP contribution in [0.25, 0.3) is 0 Å². The molecule has 0 aliphatic rings. The standard InChI is InChI=1S/C7H4N2O6.C5H8N2.H2O/c10-7(11)4-1-5(8(12)13)3-6(2-4)9(14)15;1-4-3-5(2)7-6-4;/h1-3H,(H,10,11);3H,1-2H3,(H,6,7);1H2. The second-order valence-corrected chi connectivity index (χ2v) is 4.30. The molecule has 0 saturated carbocycles. The second kappa shape index (κ2) is 8.19. The molecule has 11 heteroatoms. The average molecular weight is 326 g/mol. The molecule has 4 N–H and O–H groups in total. The summed E-state index contributed by atoms with van der Waals surface area (Å²) >= 11 is 0. The van der Waals surface area contributed by atoms with Crippen LogP contribution in [0.4, 0.5) is 11.4 Å². The number of nitro groups is 2. The maximum atomic E-state index is 10.4. The average Bonchev–Trinajstić information content (AvgIpc) is 2.82. The highest BCUT2D eigenvalue weighted by atomic mass is 16.6. The first-order chi connectivity index (χ1) is 10.2. The summed E-state index contributed by atoms with van der Waals surface area (Å²) in [5.74, 6) is -1.71. The summed E-state index contributed by atoms with van der Waals surface area (Å²) in [5.41, 5.74) is 0.428. The number of aromatic nitrogens is 2. The van der Waals surface area contributed by atoms with Crippen molar-refractivity contribution >= 4 is 17.3 Å². The second-order valence-electron chi connectivity index (χ2n) is 4.30. The van der Waals surface area contributed by atoms with E-state index >= 15 is 0 Å². The minimum atomic E-state index is -1.71. The van der Waals surface area contributed by atoms with Gasteiger partial charge in [-0.15, -0.1) is 5.10 Å². The molecule has 0 radical (unpaired) electrons. The van der Waals surface area contributed by atoms with Crippen LogP contribution in [-0.4, -0.2) is 26.4 Å². The number of aromatic carboxylic acids is 1. The Labute approximate surface area is 129 Å². The zero-order chi connectivity index (χ0) is 16.9. The van der Waals surface area contributed by atoms with Gasteiger partial charge in [0.05, 0.1) is 27.6 Å². The van der Waals surface area contributed by atoms with Crippen molar-refractivity contribution < 1.29 is 30.3 Å². The lowest BCUT2D eigenvalue weighted by Crippen LogP contribution is -2.22. The highest BCUT2D eigenvalue weighted by Crippen LogP contribution is 2.22. The normalized spacial score (nSPS) is 9.13. The molecule has 2 aromatic rings. The SMILES string of the molecule is Cc1cc(C)[nH+][nH]1.O.O=C([O-])c1cc([N+](=O)[O-])cc([N+](=O)[O-])c1. The van der Waals surface area contributed by atoms with Crippen molar-refractivity contribution in [2.45, 2.75) is 13.8 Å². The molecular formula is C12H14N4O7. The third-order valence-corrected chi connectivity index (χ3v) is 2.45. The number of nitrogens with zero attached hydrogens (tertiary/aromatic N) is 2. The van der Waals surface area contributed by atoms with Gasteiger partial charge in [0.2, 0.25) is 5.69 Å². The molecule has 124 valence electrons. The number of non-ortho nitro benzene ring substituents is 2.